The SMILES string of the molecule is O=c1c2ccccc2nc(COc2ccccc2)n1/N=C/c1cc(Br)ccc1O. The third-order valence-corrected chi connectivity index (χ3v) is 4.73. The highest BCUT2D eigenvalue weighted by molar-refractivity contribution is 9.10. The van der Waals surface area contributed by atoms with Crippen molar-refractivity contribution in [1.82, 2.24) is 9.66 Å². The predicted molar refractivity (Wildman–Crippen MR) is 116 cm³/mol. The Labute approximate surface area is 174 Å². The summed E-state index contributed by atoms with van der Waals surface area (Å²) in [5.74, 6) is 1.07. The second-order valence-electron chi connectivity index (χ2n) is 6.21. The zero-order valence-electron chi connectivity index (χ0n) is 15.2. The van der Waals surface area contributed by atoms with Crippen molar-refractivity contribution in [2.45, 2.75) is 6.61 Å². The fourth-order valence-corrected chi connectivity index (χ4v) is 3.17. The molecule has 29 heavy (non-hydrogen) atoms. The van der Waals surface area contributed by atoms with Crippen LogP contribution >= 0.6 is 15.9 Å². The molecule has 0 aliphatic carbocycles. The van der Waals surface area contributed by atoms with E-state index in [9.17, 15) is 9.90 Å². The lowest BCUT2D eigenvalue weighted by Gasteiger charge is -2.11. The number of hydrogen-bond donors (Lipinski definition) is 1. The number of phenolic OH excluding ortho intramolecular Hbond substituents is 1. The Hall–Kier alpha value is -3.45. The van der Waals surface area contributed by atoms with Gasteiger partial charge in [0.15, 0.2) is 5.82 Å². The first kappa shape index (κ1) is 18.9. The van der Waals surface area contributed by atoms with E-state index in [1.807, 2.05) is 36.4 Å². The first-order valence-corrected chi connectivity index (χ1v) is 9.62. The van der Waals surface area contributed by atoms with Crippen LogP contribution in [0.25, 0.3) is 10.9 Å². The van der Waals surface area contributed by atoms with E-state index in [0.29, 0.717) is 28.0 Å². The number of para-hydroxylation sites is 2. The number of hydrogen-bond acceptors (Lipinski definition) is 5. The zero-order valence-corrected chi connectivity index (χ0v) is 16.8. The minimum atomic E-state index is -0.312. The van der Waals surface area contributed by atoms with Gasteiger partial charge in [-0.2, -0.15) is 9.78 Å². The van der Waals surface area contributed by atoms with Gasteiger partial charge in [-0.1, -0.05) is 46.3 Å². The summed E-state index contributed by atoms with van der Waals surface area (Å²) in [6.07, 6.45) is 1.42. The van der Waals surface area contributed by atoms with E-state index < -0.39 is 0 Å². The maximum atomic E-state index is 13.0. The molecule has 4 rings (SSSR count). The van der Waals surface area contributed by atoms with Gasteiger partial charge in [-0.3, -0.25) is 4.79 Å². The van der Waals surface area contributed by atoms with Crippen LogP contribution in [-0.2, 0) is 6.61 Å². The number of rotatable bonds is 5. The smallest absolute Gasteiger partial charge is 0.282 e. The third-order valence-electron chi connectivity index (χ3n) is 4.23. The molecule has 144 valence electrons. The van der Waals surface area contributed by atoms with Crippen molar-refractivity contribution < 1.29 is 9.84 Å². The molecule has 0 aliphatic heterocycles. The Morgan fingerprint density at radius 2 is 1.83 bits per heavy atom. The number of nitrogens with zero attached hydrogens (tertiary/aromatic N) is 3. The minimum Gasteiger partial charge on any atom is -0.507 e. The molecule has 6 nitrogen and oxygen atoms in total. The number of phenols is 1. The van der Waals surface area contributed by atoms with Crippen molar-refractivity contribution in [2.24, 2.45) is 5.10 Å². The largest absolute Gasteiger partial charge is 0.507 e. The number of benzene rings is 3. The van der Waals surface area contributed by atoms with Crippen LogP contribution in [0.1, 0.15) is 11.4 Å². The van der Waals surface area contributed by atoms with Gasteiger partial charge in [-0.25, -0.2) is 4.98 Å². The molecule has 0 bridgehead atoms. The van der Waals surface area contributed by atoms with Gasteiger partial charge >= 0.3 is 0 Å². The number of fused-ring (bicyclic) bond motifs is 1. The standard InChI is InChI=1S/C22H16BrN3O3/c23-16-10-11-20(27)15(12-16)13-24-26-21(14-29-17-6-2-1-3-7-17)25-19-9-5-4-8-18(19)22(26)28/h1-13,27H,14H2/b24-13+. The topological polar surface area (TPSA) is 76.7 Å². The van der Waals surface area contributed by atoms with Crippen LogP contribution in [0.4, 0.5) is 0 Å². The fourth-order valence-electron chi connectivity index (χ4n) is 2.80. The molecule has 0 aliphatic rings. The normalized spacial score (nSPS) is 11.2. The summed E-state index contributed by atoms with van der Waals surface area (Å²) in [5, 5.41) is 14.8. The molecule has 1 N–H and O–H groups in total. The highest BCUT2D eigenvalue weighted by atomic mass is 79.9. The summed E-state index contributed by atoms with van der Waals surface area (Å²) in [4.78, 5) is 17.6. The summed E-state index contributed by atoms with van der Waals surface area (Å²) in [5.41, 5.74) is 0.725. The van der Waals surface area contributed by atoms with E-state index >= 15 is 0 Å². The Kier molecular flexibility index (Phi) is 5.39. The molecule has 0 fully saturated rings. The lowest BCUT2D eigenvalue weighted by molar-refractivity contribution is 0.289. The Morgan fingerprint density at radius 1 is 1.07 bits per heavy atom. The molecular weight excluding hydrogens is 434 g/mol. The van der Waals surface area contributed by atoms with Crippen molar-refractivity contribution in [3.8, 4) is 11.5 Å². The second-order valence-corrected chi connectivity index (χ2v) is 7.13. The van der Waals surface area contributed by atoms with Crippen molar-refractivity contribution in [2.75, 3.05) is 0 Å². The Balaban J connectivity index is 1.77. The monoisotopic (exact) mass is 449 g/mol. The van der Waals surface area contributed by atoms with Crippen LogP contribution in [0.3, 0.4) is 0 Å². The molecule has 0 saturated heterocycles. The molecule has 1 heterocycles. The third kappa shape index (κ3) is 4.20. The number of ether oxygens (including phenoxy) is 1. The molecule has 0 saturated carbocycles. The maximum absolute atomic E-state index is 13.0. The second kappa shape index (κ2) is 8.28. The highest BCUT2D eigenvalue weighted by Crippen LogP contribution is 2.20. The van der Waals surface area contributed by atoms with E-state index in [1.54, 1.807) is 36.4 Å². The van der Waals surface area contributed by atoms with Crippen molar-refractivity contribution >= 4 is 33.0 Å². The number of halogens is 1. The molecule has 0 amide bonds. The molecule has 0 atom stereocenters. The van der Waals surface area contributed by atoms with Gasteiger partial charge in [0.25, 0.3) is 5.56 Å². The summed E-state index contributed by atoms with van der Waals surface area (Å²) in [6.45, 7) is 0.0614. The van der Waals surface area contributed by atoms with E-state index in [2.05, 4.69) is 26.0 Å². The Morgan fingerprint density at radius 3 is 2.66 bits per heavy atom. The van der Waals surface area contributed by atoms with Gasteiger partial charge in [0.1, 0.15) is 18.1 Å². The fraction of sp³-hybridized carbons (Fsp3) is 0.0455. The van der Waals surface area contributed by atoms with Gasteiger partial charge in [0.05, 0.1) is 17.1 Å². The quantitative estimate of drug-likeness (QED) is 0.460. The maximum Gasteiger partial charge on any atom is 0.282 e. The van der Waals surface area contributed by atoms with E-state index in [-0.39, 0.29) is 17.9 Å². The summed E-state index contributed by atoms with van der Waals surface area (Å²) < 4.78 is 7.76. The van der Waals surface area contributed by atoms with Gasteiger partial charge in [-0.05, 0) is 42.5 Å². The Bertz CT molecular complexity index is 1250. The predicted octanol–water partition coefficient (Wildman–Crippen LogP) is 4.33. The van der Waals surface area contributed by atoms with Gasteiger partial charge in [0, 0.05) is 10.0 Å². The van der Waals surface area contributed by atoms with E-state index in [4.69, 9.17) is 4.74 Å². The number of aromatic hydroxyl groups is 1. The van der Waals surface area contributed by atoms with Crippen LogP contribution < -0.4 is 10.3 Å². The average molecular weight is 450 g/mol. The van der Waals surface area contributed by atoms with Crippen LogP contribution in [-0.4, -0.2) is 21.0 Å². The lowest BCUT2D eigenvalue weighted by Crippen LogP contribution is -2.23. The van der Waals surface area contributed by atoms with Gasteiger partial charge in [0.2, 0.25) is 0 Å². The lowest BCUT2D eigenvalue weighted by atomic mass is 10.2. The zero-order chi connectivity index (χ0) is 20.2. The van der Waals surface area contributed by atoms with E-state index in [0.717, 1.165) is 4.47 Å². The van der Waals surface area contributed by atoms with Gasteiger partial charge in [-0.15, -0.1) is 0 Å². The van der Waals surface area contributed by atoms with Crippen molar-refractivity contribution in [1.29, 1.82) is 0 Å². The number of aromatic nitrogens is 2. The van der Waals surface area contributed by atoms with Crippen LogP contribution in [0, 0.1) is 0 Å². The molecule has 4 aromatic rings. The molecule has 0 unspecified atom stereocenters. The van der Waals surface area contributed by atoms with Crippen LogP contribution in [0.15, 0.2) is 87.2 Å². The first-order chi connectivity index (χ1) is 14.1. The van der Waals surface area contributed by atoms with Gasteiger partial charge < -0.3 is 9.84 Å². The summed E-state index contributed by atoms with van der Waals surface area (Å²) >= 11 is 3.36. The van der Waals surface area contributed by atoms with Crippen LogP contribution in [0.2, 0.25) is 0 Å². The summed E-state index contributed by atoms with van der Waals surface area (Å²) in [6, 6.07) is 21.3. The molecule has 1 aromatic heterocycles. The van der Waals surface area contributed by atoms with Crippen molar-refractivity contribution in [3.63, 3.8) is 0 Å². The van der Waals surface area contributed by atoms with Crippen molar-refractivity contribution in [3.05, 3.63) is 99.0 Å². The molecule has 7 heteroatoms. The molecule has 3 aromatic carbocycles. The highest BCUT2D eigenvalue weighted by Gasteiger charge is 2.11. The molecular formula is C22H16BrN3O3. The summed E-state index contributed by atoms with van der Waals surface area (Å²) in [7, 11) is 0. The van der Waals surface area contributed by atoms with Crippen LogP contribution in [0.5, 0.6) is 11.5 Å². The average Bonchev–Trinajstić information content (AvgIpc) is 2.75. The first-order valence-electron chi connectivity index (χ1n) is 8.83. The van der Waals surface area contributed by atoms with E-state index in [1.165, 1.54) is 10.9 Å². The minimum absolute atomic E-state index is 0.0563. The molecule has 0 spiro atoms. The molecule has 0 radical (unpaired) electrons.